The fraction of sp³-hybridized carbons (Fsp3) is 0.250. The second-order valence-electron chi connectivity index (χ2n) is 4.89. The van der Waals surface area contributed by atoms with Crippen molar-refractivity contribution in [2.45, 2.75) is 6.42 Å². The largest absolute Gasteiger partial charge is 0.506 e. The third kappa shape index (κ3) is 3.08. The summed E-state index contributed by atoms with van der Waals surface area (Å²) in [6, 6.07) is 12.9. The van der Waals surface area contributed by atoms with E-state index < -0.39 is 0 Å². The topological polar surface area (TPSA) is 80.4 Å². The number of nitrogens with zero attached hydrogens (tertiary/aromatic N) is 3. The molecule has 0 aliphatic carbocycles. The lowest BCUT2D eigenvalue weighted by Crippen LogP contribution is -2.04. The fourth-order valence-corrected chi connectivity index (χ4v) is 2.21. The average Bonchev–Trinajstić information content (AvgIpc) is 2.97. The molecule has 6 nitrogen and oxygen atoms in total. The number of aromatic hydroxyl groups is 1. The Morgan fingerprint density at radius 2 is 1.73 bits per heavy atom. The number of rotatable bonds is 6. The SMILES string of the molecule is OCCOCCc1ccc(O)c(-n2nc3ccccc3n2)c1. The number of hydrogen-bond acceptors (Lipinski definition) is 5. The molecule has 0 fully saturated rings. The first-order valence-corrected chi connectivity index (χ1v) is 7.11. The summed E-state index contributed by atoms with van der Waals surface area (Å²) in [4.78, 5) is 1.44. The molecule has 22 heavy (non-hydrogen) atoms. The summed E-state index contributed by atoms with van der Waals surface area (Å²) >= 11 is 0. The normalized spacial score (nSPS) is 11.1. The summed E-state index contributed by atoms with van der Waals surface area (Å²) in [5, 5.41) is 27.5. The van der Waals surface area contributed by atoms with E-state index in [1.54, 1.807) is 6.07 Å². The van der Waals surface area contributed by atoms with Crippen LogP contribution < -0.4 is 0 Å². The van der Waals surface area contributed by atoms with Gasteiger partial charge in [0.1, 0.15) is 22.5 Å². The van der Waals surface area contributed by atoms with E-state index in [1.165, 1.54) is 4.80 Å². The number of ether oxygens (including phenoxy) is 1. The summed E-state index contributed by atoms with van der Waals surface area (Å²) in [7, 11) is 0. The zero-order chi connectivity index (χ0) is 15.4. The Labute approximate surface area is 127 Å². The summed E-state index contributed by atoms with van der Waals surface area (Å²) in [6.45, 7) is 0.862. The van der Waals surface area contributed by atoms with Crippen LogP contribution in [-0.4, -0.2) is 45.0 Å². The van der Waals surface area contributed by atoms with Gasteiger partial charge in [0.25, 0.3) is 0 Å². The van der Waals surface area contributed by atoms with Crippen LogP contribution in [0.4, 0.5) is 0 Å². The van der Waals surface area contributed by atoms with E-state index in [1.807, 2.05) is 36.4 Å². The van der Waals surface area contributed by atoms with Crippen LogP contribution in [0.25, 0.3) is 16.7 Å². The lowest BCUT2D eigenvalue weighted by atomic mass is 10.1. The van der Waals surface area contributed by atoms with Crippen LogP contribution in [0.15, 0.2) is 42.5 Å². The Morgan fingerprint density at radius 3 is 2.41 bits per heavy atom. The van der Waals surface area contributed by atoms with E-state index in [0.717, 1.165) is 16.6 Å². The Balaban J connectivity index is 1.85. The van der Waals surface area contributed by atoms with Gasteiger partial charge < -0.3 is 14.9 Å². The lowest BCUT2D eigenvalue weighted by Gasteiger charge is -2.07. The van der Waals surface area contributed by atoms with Crippen LogP contribution in [0, 0.1) is 0 Å². The second kappa shape index (κ2) is 6.55. The molecule has 2 N–H and O–H groups in total. The van der Waals surface area contributed by atoms with Crippen LogP contribution >= 0.6 is 0 Å². The molecule has 0 bridgehead atoms. The minimum Gasteiger partial charge on any atom is -0.506 e. The molecule has 1 heterocycles. The van der Waals surface area contributed by atoms with Crippen LogP contribution in [-0.2, 0) is 11.2 Å². The summed E-state index contributed by atoms with van der Waals surface area (Å²) < 4.78 is 5.26. The molecular weight excluding hydrogens is 282 g/mol. The summed E-state index contributed by atoms with van der Waals surface area (Å²) in [5.41, 5.74) is 3.10. The molecule has 0 aliphatic heterocycles. The van der Waals surface area contributed by atoms with Gasteiger partial charge in [-0.05, 0) is 36.2 Å². The van der Waals surface area contributed by atoms with Gasteiger partial charge >= 0.3 is 0 Å². The van der Waals surface area contributed by atoms with Crippen molar-refractivity contribution in [1.82, 2.24) is 15.0 Å². The molecule has 0 saturated carbocycles. The quantitative estimate of drug-likeness (QED) is 0.677. The van der Waals surface area contributed by atoms with Crippen molar-refractivity contribution < 1.29 is 14.9 Å². The molecular formula is C16H17N3O3. The number of hydrogen-bond donors (Lipinski definition) is 2. The number of phenols is 1. The Morgan fingerprint density at radius 1 is 1.00 bits per heavy atom. The molecule has 3 rings (SSSR count). The van der Waals surface area contributed by atoms with E-state index in [0.29, 0.717) is 25.3 Å². The van der Waals surface area contributed by atoms with Gasteiger partial charge in [-0.15, -0.1) is 15.0 Å². The smallest absolute Gasteiger partial charge is 0.143 e. The standard InChI is InChI=1S/C16H17N3O3/c20-8-10-22-9-7-12-5-6-16(21)15(11-12)19-17-13-3-1-2-4-14(13)18-19/h1-6,11,20-21H,7-10H2. The van der Waals surface area contributed by atoms with Gasteiger partial charge in [-0.1, -0.05) is 18.2 Å². The van der Waals surface area contributed by atoms with E-state index in [9.17, 15) is 5.11 Å². The molecule has 0 amide bonds. The van der Waals surface area contributed by atoms with Crippen molar-refractivity contribution in [2.75, 3.05) is 19.8 Å². The third-order valence-corrected chi connectivity index (χ3v) is 3.31. The average molecular weight is 299 g/mol. The zero-order valence-electron chi connectivity index (χ0n) is 12.0. The highest BCUT2D eigenvalue weighted by Gasteiger charge is 2.09. The molecule has 0 aliphatic rings. The predicted molar refractivity (Wildman–Crippen MR) is 82.1 cm³/mol. The highest BCUT2D eigenvalue weighted by atomic mass is 16.5. The monoisotopic (exact) mass is 299 g/mol. The van der Waals surface area contributed by atoms with E-state index in [-0.39, 0.29) is 12.4 Å². The molecule has 2 aromatic carbocycles. The van der Waals surface area contributed by atoms with Crippen LogP contribution in [0.1, 0.15) is 5.56 Å². The molecule has 0 radical (unpaired) electrons. The zero-order valence-corrected chi connectivity index (χ0v) is 12.0. The molecule has 0 spiro atoms. The highest BCUT2D eigenvalue weighted by molar-refractivity contribution is 5.73. The number of benzene rings is 2. The lowest BCUT2D eigenvalue weighted by molar-refractivity contribution is 0.0944. The Kier molecular flexibility index (Phi) is 4.32. The maximum Gasteiger partial charge on any atom is 0.143 e. The number of aliphatic hydroxyl groups excluding tert-OH is 1. The van der Waals surface area contributed by atoms with E-state index >= 15 is 0 Å². The van der Waals surface area contributed by atoms with E-state index in [2.05, 4.69) is 10.2 Å². The number of aliphatic hydroxyl groups is 1. The van der Waals surface area contributed by atoms with Crippen molar-refractivity contribution in [2.24, 2.45) is 0 Å². The minimum absolute atomic E-state index is 0.0185. The number of phenolic OH excluding ortho intramolecular Hbond substituents is 1. The minimum atomic E-state index is 0.0185. The Bertz CT molecular complexity index is 737. The highest BCUT2D eigenvalue weighted by Crippen LogP contribution is 2.23. The van der Waals surface area contributed by atoms with Gasteiger partial charge in [0.15, 0.2) is 0 Å². The first-order valence-electron chi connectivity index (χ1n) is 7.11. The molecule has 6 heteroatoms. The maximum absolute atomic E-state index is 10.1. The van der Waals surface area contributed by atoms with Crippen LogP contribution in [0.5, 0.6) is 5.75 Å². The Hall–Kier alpha value is -2.44. The summed E-state index contributed by atoms with van der Waals surface area (Å²) in [5.74, 6) is 0.125. The van der Waals surface area contributed by atoms with Gasteiger partial charge in [-0.25, -0.2) is 0 Å². The van der Waals surface area contributed by atoms with Gasteiger partial charge in [-0.3, -0.25) is 0 Å². The first-order chi connectivity index (χ1) is 10.8. The van der Waals surface area contributed by atoms with E-state index in [4.69, 9.17) is 9.84 Å². The molecule has 1 aromatic heterocycles. The maximum atomic E-state index is 10.1. The van der Waals surface area contributed by atoms with Crippen molar-refractivity contribution >= 4 is 11.0 Å². The number of aromatic nitrogens is 3. The summed E-state index contributed by atoms with van der Waals surface area (Å²) in [6.07, 6.45) is 0.689. The fourth-order valence-electron chi connectivity index (χ4n) is 2.21. The molecule has 0 unspecified atom stereocenters. The molecule has 3 aromatic rings. The third-order valence-electron chi connectivity index (χ3n) is 3.31. The van der Waals surface area contributed by atoms with Crippen LogP contribution in [0.2, 0.25) is 0 Å². The predicted octanol–water partition coefficient (Wildman–Crippen LogP) is 1.68. The van der Waals surface area contributed by atoms with Crippen LogP contribution in [0.3, 0.4) is 0 Å². The molecule has 0 saturated heterocycles. The first kappa shape index (κ1) is 14.5. The molecule has 0 atom stereocenters. The van der Waals surface area contributed by atoms with Crippen molar-refractivity contribution in [3.05, 3.63) is 48.0 Å². The van der Waals surface area contributed by atoms with Crippen molar-refractivity contribution in [3.8, 4) is 11.4 Å². The van der Waals surface area contributed by atoms with Crippen molar-refractivity contribution in [1.29, 1.82) is 0 Å². The second-order valence-corrected chi connectivity index (χ2v) is 4.89. The van der Waals surface area contributed by atoms with Gasteiger partial charge in [0, 0.05) is 0 Å². The van der Waals surface area contributed by atoms with Gasteiger partial charge in [0.2, 0.25) is 0 Å². The number of fused-ring (bicyclic) bond motifs is 1. The molecule has 114 valence electrons. The van der Waals surface area contributed by atoms with Gasteiger partial charge in [-0.2, -0.15) is 0 Å². The van der Waals surface area contributed by atoms with Crippen molar-refractivity contribution in [3.63, 3.8) is 0 Å². The van der Waals surface area contributed by atoms with Gasteiger partial charge in [0.05, 0.1) is 19.8 Å².